The molecular formula is C4H7O2. The van der Waals surface area contributed by atoms with Crippen LogP contribution >= 0.6 is 0 Å². The van der Waals surface area contributed by atoms with Gasteiger partial charge >= 0.3 is 0 Å². The molecule has 0 aromatic rings. The van der Waals surface area contributed by atoms with E-state index in [0.29, 0.717) is 13.2 Å². The Kier molecular flexibility index (Phi) is 1.08. The largest absolute Gasteiger partial charge is 0.350 e. The van der Waals surface area contributed by atoms with Crippen LogP contribution in [0, 0.1) is 6.92 Å². The third-order valence-electron chi connectivity index (χ3n) is 0.691. The molecule has 0 aromatic heterocycles. The summed E-state index contributed by atoms with van der Waals surface area (Å²) >= 11 is 0. The predicted molar refractivity (Wildman–Crippen MR) is 21.0 cm³/mol. The highest BCUT2D eigenvalue weighted by molar-refractivity contribution is 4.50. The number of rotatable bonds is 0. The molecule has 35 valence electrons. The fourth-order valence-corrected chi connectivity index (χ4v) is 0.407. The first kappa shape index (κ1) is 4.09. The smallest absolute Gasteiger partial charge is 0.157 e. The van der Waals surface area contributed by atoms with Crippen molar-refractivity contribution in [1.82, 2.24) is 0 Å². The molecule has 6 heavy (non-hydrogen) atoms. The Morgan fingerprint density at radius 3 is 2.00 bits per heavy atom. The summed E-state index contributed by atoms with van der Waals surface area (Å²) in [5.74, 6) is 0. The Hall–Kier alpha value is -0.0800. The summed E-state index contributed by atoms with van der Waals surface area (Å²) in [4.78, 5) is 0. The van der Waals surface area contributed by atoms with Crippen molar-refractivity contribution < 1.29 is 9.47 Å². The first-order valence-electron chi connectivity index (χ1n) is 1.96. The van der Waals surface area contributed by atoms with Gasteiger partial charge in [-0.15, -0.1) is 0 Å². The Balaban J connectivity index is 2.18. The van der Waals surface area contributed by atoms with Gasteiger partial charge in [-0.2, -0.15) is 0 Å². The Labute approximate surface area is 37.1 Å². The summed E-state index contributed by atoms with van der Waals surface area (Å²) < 4.78 is 9.64. The SMILES string of the molecule is [CH2]C1OCCO1. The van der Waals surface area contributed by atoms with E-state index in [0.717, 1.165) is 0 Å². The van der Waals surface area contributed by atoms with Gasteiger partial charge < -0.3 is 9.47 Å². The van der Waals surface area contributed by atoms with Crippen LogP contribution in [0.1, 0.15) is 0 Å². The number of ether oxygens (including phenoxy) is 2. The van der Waals surface area contributed by atoms with Crippen molar-refractivity contribution in [3.05, 3.63) is 6.92 Å². The maximum atomic E-state index is 4.82. The lowest BCUT2D eigenvalue weighted by Gasteiger charge is -1.94. The molecule has 0 amide bonds. The molecule has 1 aliphatic heterocycles. The van der Waals surface area contributed by atoms with E-state index in [1.165, 1.54) is 0 Å². The minimum Gasteiger partial charge on any atom is -0.350 e. The highest BCUT2D eigenvalue weighted by atomic mass is 16.7. The van der Waals surface area contributed by atoms with E-state index in [1.807, 2.05) is 0 Å². The second-order valence-electron chi connectivity index (χ2n) is 1.17. The van der Waals surface area contributed by atoms with Crippen molar-refractivity contribution in [2.45, 2.75) is 6.29 Å². The molecule has 1 saturated heterocycles. The lowest BCUT2D eigenvalue weighted by Crippen LogP contribution is -1.98. The molecule has 1 heterocycles. The van der Waals surface area contributed by atoms with E-state index >= 15 is 0 Å². The van der Waals surface area contributed by atoms with E-state index in [9.17, 15) is 0 Å². The van der Waals surface area contributed by atoms with Crippen LogP contribution in [-0.4, -0.2) is 19.5 Å². The summed E-state index contributed by atoms with van der Waals surface area (Å²) in [7, 11) is 0. The molecule has 0 aliphatic carbocycles. The van der Waals surface area contributed by atoms with Crippen LogP contribution in [0.2, 0.25) is 0 Å². The third-order valence-corrected chi connectivity index (χ3v) is 0.691. The average molecular weight is 87.1 g/mol. The Morgan fingerprint density at radius 1 is 1.33 bits per heavy atom. The molecular weight excluding hydrogens is 80.0 g/mol. The molecule has 2 nitrogen and oxygen atoms in total. The highest BCUT2D eigenvalue weighted by Gasteiger charge is 2.07. The molecule has 1 radical (unpaired) electrons. The highest BCUT2D eigenvalue weighted by Crippen LogP contribution is 1.98. The summed E-state index contributed by atoms with van der Waals surface area (Å²) in [6, 6.07) is 0. The lowest BCUT2D eigenvalue weighted by molar-refractivity contribution is -0.00396. The van der Waals surface area contributed by atoms with Crippen molar-refractivity contribution in [3.8, 4) is 0 Å². The summed E-state index contributed by atoms with van der Waals surface area (Å²) in [5.41, 5.74) is 0. The molecule has 0 atom stereocenters. The molecule has 0 N–H and O–H groups in total. The van der Waals surface area contributed by atoms with Crippen LogP contribution in [0.15, 0.2) is 0 Å². The van der Waals surface area contributed by atoms with E-state index in [-0.39, 0.29) is 6.29 Å². The van der Waals surface area contributed by atoms with Crippen molar-refractivity contribution in [2.75, 3.05) is 13.2 Å². The quantitative estimate of drug-likeness (QED) is 0.420. The summed E-state index contributed by atoms with van der Waals surface area (Å²) in [6.45, 7) is 4.90. The van der Waals surface area contributed by atoms with E-state index < -0.39 is 0 Å². The zero-order valence-corrected chi connectivity index (χ0v) is 3.52. The lowest BCUT2D eigenvalue weighted by atomic mass is 10.8. The van der Waals surface area contributed by atoms with E-state index in [2.05, 4.69) is 6.92 Å². The molecule has 0 saturated carbocycles. The Morgan fingerprint density at radius 2 is 1.83 bits per heavy atom. The fourth-order valence-electron chi connectivity index (χ4n) is 0.407. The van der Waals surface area contributed by atoms with Gasteiger partial charge in [0.05, 0.1) is 13.2 Å². The van der Waals surface area contributed by atoms with Crippen molar-refractivity contribution in [3.63, 3.8) is 0 Å². The second kappa shape index (κ2) is 1.58. The molecule has 2 heteroatoms. The molecule has 0 aromatic carbocycles. The summed E-state index contributed by atoms with van der Waals surface area (Å²) in [5, 5.41) is 0. The average Bonchev–Trinajstić information content (AvgIpc) is 1.86. The van der Waals surface area contributed by atoms with Crippen LogP contribution in [0.4, 0.5) is 0 Å². The standard InChI is InChI=1S/C4H7O2/c1-4-5-2-3-6-4/h4H,1-3H2. The van der Waals surface area contributed by atoms with Gasteiger partial charge in [-0.3, -0.25) is 0 Å². The van der Waals surface area contributed by atoms with E-state index in [4.69, 9.17) is 9.47 Å². The molecule has 1 fully saturated rings. The van der Waals surface area contributed by atoms with Crippen LogP contribution in [0.25, 0.3) is 0 Å². The topological polar surface area (TPSA) is 18.5 Å². The fraction of sp³-hybridized carbons (Fsp3) is 0.750. The Bertz CT molecular complexity index is 38.8. The van der Waals surface area contributed by atoms with Gasteiger partial charge in [0.2, 0.25) is 0 Å². The maximum absolute atomic E-state index is 4.82. The van der Waals surface area contributed by atoms with Gasteiger partial charge in [0, 0.05) is 6.92 Å². The van der Waals surface area contributed by atoms with Crippen LogP contribution < -0.4 is 0 Å². The normalized spacial score (nSPS) is 25.5. The van der Waals surface area contributed by atoms with Gasteiger partial charge in [0.15, 0.2) is 6.29 Å². The predicted octanol–water partition coefficient (Wildman–Crippen LogP) is 0.193. The third kappa shape index (κ3) is 0.698. The number of hydrogen-bond acceptors (Lipinski definition) is 2. The zero-order valence-electron chi connectivity index (χ0n) is 3.52. The van der Waals surface area contributed by atoms with Gasteiger partial charge in [-0.25, -0.2) is 0 Å². The zero-order chi connectivity index (χ0) is 4.41. The van der Waals surface area contributed by atoms with Gasteiger partial charge in [0.1, 0.15) is 0 Å². The molecule has 1 rings (SSSR count). The minimum atomic E-state index is -0.204. The molecule has 0 bridgehead atoms. The van der Waals surface area contributed by atoms with Crippen LogP contribution in [0.3, 0.4) is 0 Å². The second-order valence-corrected chi connectivity index (χ2v) is 1.17. The van der Waals surface area contributed by atoms with Crippen LogP contribution in [-0.2, 0) is 9.47 Å². The van der Waals surface area contributed by atoms with E-state index in [1.54, 1.807) is 0 Å². The molecule has 0 spiro atoms. The van der Waals surface area contributed by atoms with Crippen molar-refractivity contribution in [1.29, 1.82) is 0 Å². The van der Waals surface area contributed by atoms with Gasteiger partial charge in [-0.1, -0.05) is 0 Å². The van der Waals surface area contributed by atoms with Crippen LogP contribution in [0.5, 0.6) is 0 Å². The minimum absolute atomic E-state index is 0.204. The molecule has 0 unspecified atom stereocenters. The monoisotopic (exact) mass is 87.0 g/mol. The summed E-state index contributed by atoms with van der Waals surface area (Å²) in [6.07, 6.45) is -0.204. The first-order chi connectivity index (χ1) is 2.89. The van der Waals surface area contributed by atoms with Gasteiger partial charge in [0.25, 0.3) is 0 Å². The van der Waals surface area contributed by atoms with Crippen molar-refractivity contribution in [2.24, 2.45) is 0 Å². The molecule has 1 aliphatic rings. The van der Waals surface area contributed by atoms with Crippen molar-refractivity contribution >= 4 is 0 Å². The maximum Gasteiger partial charge on any atom is 0.157 e. The van der Waals surface area contributed by atoms with Gasteiger partial charge in [-0.05, 0) is 0 Å². The number of hydrogen-bond donors (Lipinski definition) is 0. The first-order valence-corrected chi connectivity index (χ1v) is 1.96.